The molecular weight excluding hydrogens is 404 g/mol. The fraction of sp³-hybridized carbons (Fsp3) is 0.320. The van der Waals surface area contributed by atoms with Crippen LogP contribution in [0.2, 0.25) is 0 Å². The first kappa shape index (κ1) is 20.5. The number of hydrogen-bond acceptors (Lipinski definition) is 6. The quantitative estimate of drug-likeness (QED) is 0.462. The number of ether oxygens (including phenoxy) is 2. The summed E-state index contributed by atoms with van der Waals surface area (Å²) in [4.78, 5) is 25.2. The Morgan fingerprint density at radius 1 is 1.06 bits per heavy atom. The van der Waals surface area contributed by atoms with E-state index in [2.05, 4.69) is 9.88 Å². The molecule has 0 saturated carbocycles. The number of fused-ring (bicyclic) bond motifs is 2. The van der Waals surface area contributed by atoms with E-state index in [1.165, 1.54) is 0 Å². The highest BCUT2D eigenvalue weighted by atomic mass is 16.5. The van der Waals surface area contributed by atoms with Gasteiger partial charge in [-0.2, -0.15) is 0 Å². The van der Waals surface area contributed by atoms with Crippen molar-refractivity contribution in [1.29, 1.82) is 0 Å². The fourth-order valence-electron chi connectivity index (χ4n) is 4.65. The fourth-order valence-corrected chi connectivity index (χ4v) is 4.65. The lowest BCUT2D eigenvalue weighted by molar-refractivity contribution is 0.184. The van der Waals surface area contributed by atoms with Crippen LogP contribution in [0.5, 0.6) is 5.75 Å². The molecule has 7 nitrogen and oxygen atoms in total. The number of hydrogen-bond donors (Lipinski definition) is 0. The van der Waals surface area contributed by atoms with Crippen LogP contribution in [-0.2, 0) is 11.3 Å². The van der Waals surface area contributed by atoms with Crippen LogP contribution in [0.3, 0.4) is 0 Å². The molecule has 1 saturated heterocycles. The number of rotatable bonds is 6. The summed E-state index contributed by atoms with van der Waals surface area (Å²) in [7, 11) is 3.32. The van der Waals surface area contributed by atoms with Gasteiger partial charge in [-0.1, -0.05) is 12.1 Å². The average molecular weight is 431 g/mol. The van der Waals surface area contributed by atoms with E-state index in [1.54, 1.807) is 18.8 Å². The first-order valence-electron chi connectivity index (χ1n) is 10.9. The maximum absolute atomic E-state index is 13.4. The largest absolute Gasteiger partial charge is 0.497 e. The maximum atomic E-state index is 13.4. The Bertz CT molecular complexity index is 1330. The van der Waals surface area contributed by atoms with Crippen molar-refractivity contribution in [3.63, 3.8) is 0 Å². The van der Waals surface area contributed by atoms with Gasteiger partial charge in [-0.3, -0.25) is 14.3 Å². The minimum absolute atomic E-state index is 0.0130. The molecule has 1 aliphatic rings. The zero-order chi connectivity index (χ0) is 22.1. The van der Waals surface area contributed by atoms with Gasteiger partial charge in [-0.05, 0) is 49.2 Å². The van der Waals surface area contributed by atoms with Crippen LogP contribution in [0.1, 0.15) is 24.7 Å². The third kappa shape index (κ3) is 3.48. The lowest BCUT2D eigenvalue weighted by Gasteiger charge is -2.29. The third-order valence-corrected chi connectivity index (χ3v) is 6.20. The first-order valence-corrected chi connectivity index (χ1v) is 10.9. The van der Waals surface area contributed by atoms with Crippen LogP contribution in [-0.4, -0.2) is 41.9 Å². The van der Waals surface area contributed by atoms with Crippen molar-refractivity contribution in [2.45, 2.75) is 25.4 Å². The van der Waals surface area contributed by atoms with Crippen LogP contribution >= 0.6 is 0 Å². The van der Waals surface area contributed by atoms with Crippen molar-refractivity contribution in [1.82, 2.24) is 14.5 Å². The number of benzene rings is 2. The summed E-state index contributed by atoms with van der Waals surface area (Å²) in [6.45, 7) is 1.81. The van der Waals surface area contributed by atoms with Crippen molar-refractivity contribution in [3.05, 3.63) is 70.9 Å². The molecule has 0 aliphatic carbocycles. The third-order valence-electron chi connectivity index (χ3n) is 6.20. The Morgan fingerprint density at radius 2 is 1.94 bits per heavy atom. The van der Waals surface area contributed by atoms with E-state index < -0.39 is 0 Å². The summed E-state index contributed by atoms with van der Waals surface area (Å²) in [6.07, 6.45) is 3.78. The zero-order valence-electron chi connectivity index (χ0n) is 18.3. The lowest BCUT2D eigenvalue weighted by atomic mass is 10.1. The number of methoxy groups -OCH3 is 2. The monoisotopic (exact) mass is 430 g/mol. The molecule has 32 heavy (non-hydrogen) atoms. The number of anilines is 1. The Morgan fingerprint density at radius 3 is 2.78 bits per heavy atom. The predicted molar refractivity (Wildman–Crippen MR) is 125 cm³/mol. The average Bonchev–Trinajstić information content (AvgIpc) is 3.32. The van der Waals surface area contributed by atoms with Crippen molar-refractivity contribution >= 4 is 27.5 Å². The Hall–Kier alpha value is -3.45. The molecule has 1 fully saturated rings. The zero-order valence-corrected chi connectivity index (χ0v) is 18.3. The van der Waals surface area contributed by atoms with E-state index >= 15 is 0 Å². The summed E-state index contributed by atoms with van der Waals surface area (Å²) in [5, 5.41) is 1.67. The molecule has 0 spiro atoms. The second-order valence-corrected chi connectivity index (χ2v) is 8.00. The Labute approximate surface area is 186 Å². The molecule has 2 aromatic heterocycles. The van der Waals surface area contributed by atoms with Gasteiger partial charge in [-0.15, -0.1) is 0 Å². The highest BCUT2D eigenvalue weighted by molar-refractivity contribution is 5.93. The van der Waals surface area contributed by atoms with E-state index in [0.29, 0.717) is 18.5 Å². The molecule has 0 N–H and O–H groups in total. The molecule has 2 aromatic carbocycles. The van der Waals surface area contributed by atoms with Gasteiger partial charge in [0.15, 0.2) is 0 Å². The van der Waals surface area contributed by atoms with Gasteiger partial charge in [0, 0.05) is 30.9 Å². The van der Waals surface area contributed by atoms with Crippen LogP contribution in [0.25, 0.3) is 21.8 Å². The van der Waals surface area contributed by atoms with Gasteiger partial charge in [0.05, 0.1) is 42.7 Å². The molecule has 3 heterocycles. The summed E-state index contributed by atoms with van der Waals surface area (Å²) in [6, 6.07) is 15.5. The standard InChI is InChI=1S/C25H26N4O3/c1-31-15-14-29-24(27-21-7-4-3-6-18(21)25(29)30)23-8-5-13-28(23)22-11-12-26-20-10-9-17(32-2)16-19(20)22/h3-4,6-7,9-12,16,23H,5,8,13-15H2,1-2H3. The highest BCUT2D eigenvalue weighted by Gasteiger charge is 2.31. The molecule has 164 valence electrons. The number of para-hydroxylation sites is 1. The van der Waals surface area contributed by atoms with Crippen molar-refractivity contribution in [2.24, 2.45) is 0 Å². The number of pyridine rings is 1. The van der Waals surface area contributed by atoms with Crippen LogP contribution in [0, 0.1) is 0 Å². The molecule has 1 atom stereocenters. The number of aromatic nitrogens is 3. The van der Waals surface area contributed by atoms with E-state index in [0.717, 1.165) is 53.1 Å². The summed E-state index contributed by atoms with van der Waals surface area (Å²) >= 11 is 0. The van der Waals surface area contributed by atoms with Gasteiger partial charge in [0.25, 0.3) is 5.56 Å². The van der Waals surface area contributed by atoms with E-state index in [9.17, 15) is 4.79 Å². The molecule has 4 aromatic rings. The van der Waals surface area contributed by atoms with Gasteiger partial charge < -0.3 is 14.4 Å². The van der Waals surface area contributed by atoms with Gasteiger partial charge in [0.1, 0.15) is 11.6 Å². The molecule has 0 radical (unpaired) electrons. The second kappa shape index (κ2) is 8.59. The Balaban J connectivity index is 1.67. The van der Waals surface area contributed by atoms with E-state index in [1.807, 2.05) is 54.7 Å². The molecular formula is C25H26N4O3. The van der Waals surface area contributed by atoms with Crippen molar-refractivity contribution in [3.8, 4) is 5.75 Å². The van der Waals surface area contributed by atoms with Crippen LogP contribution in [0.15, 0.2) is 59.5 Å². The summed E-state index contributed by atoms with van der Waals surface area (Å²) in [5.41, 5.74) is 2.71. The molecule has 1 unspecified atom stereocenters. The van der Waals surface area contributed by atoms with Crippen molar-refractivity contribution in [2.75, 3.05) is 32.3 Å². The minimum atomic E-state index is -0.0178. The van der Waals surface area contributed by atoms with E-state index in [4.69, 9.17) is 14.5 Å². The number of nitrogens with zero attached hydrogens (tertiary/aromatic N) is 4. The van der Waals surface area contributed by atoms with Crippen LogP contribution in [0.4, 0.5) is 5.69 Å². The molecule has 0 amide bonds. The van der Waals surface area contributed by atoms with Gasteiger partial charge in [0.2, 0.25) is 0 Å². The summed E-state index contributed by atoms with van der Waals surface area (Å²) < 4.78 is 12.6. The first-order chi connectivity index (χ1) is 15.7. The second-order valence-electron chi connectivity index (χ2n) is 8.00. The van der Waals surface area contributed by atoms with Crippen molar-refractivity contribution < 1.29 is 9.47 Å². The maximum Gasteiger partial charge on any atom is 0.261 e. The molecule has 5 rings (SSSR count). The highest BCUT2D eigenvalue weighted by Crippen LogP contribution is 2.39. The van der Waals surface area contributed by atoms with E-state index in [-0.39, 0.29) is 11.6 Å². The van der Waals surface area contributed by atoms with Crippen LogP contribution < -0.4 is 15.2 Å². The predicted octanol–water partition coefficient (Wildman–Crippen LogP) is 3.94. The summed E-state index contributed by atoms with van der Waals surface area (Å²) in [5.74, 6) is 1.58. The molecule has 0 bridgehead atoms. The lowest BCUT2D eigenvalue weighted by Crippen LogP contribution is -2.33. The molecule has 7 heteroatoms. The molecule has 1 aliphatic heterocycles. The van der Waals surface area contributed by atoms with Gasteiger partial charge in [-0.25, -0.2) is 4.98 Å². The Kier molecular flexibility index (Phi) is 5.49. The SMILES string of the molecule is COCCn1c(C2CCCN2c2ccnc3ccc(OC)cc23)nc2ccccc2c1=O. The smallest absolute Gasteiger partial charge is 0.261 e. The minimum Gasteiger partial charge on any atom is -0.497 e. The van der Waals surface area contributed by atoms with Gasteiger partial charge >= 0.3 is 0 Å². The topological polar surface area (TPSA) is 69.5 Å². The normalized spacial score (nSPS) is 16.2.